The van der Waals surface area contributed by atoms with Crippen LogP contribution in [0.1, 0.15) is 48.1 Å². The summed E-state index contributed by atoms with van der Waals surface area (Å²) < 4.78 is 6.09. The number of carbonyl (C=O) groups is 2. The van der Waals surface area contributed by atoms with Gasteiger partial charge in [-0.25, -0.2) is 14.8 Å². The molecule has 11 heteroatoms. The Balaban J connectivity index is 1.55. The minimum Gasteiger partial charge on any atom is -0.450 e. The van der Waals surface area contributed by atoms with Crippen LogP contribution in [0.25, 0.3) is 11.0 Å². The first kappa shape index (κ1) is 23.5. The molecule has 3 N–H and O–H groups in total. The third-order valence-corrected chi connectivity index (χ3v) is 6.87. The average molecular weight is 535 g/mol. The van der Waals surface area contributed by atoms with Crippen LogP contribution in [0.4, 0.5) is 16.2 Å². The quantitative estimate of drug-likeness (QED) is 0.374. The Morgan fingerprint density at radius 2 is 2.27 bits per heavy atom. The van der Waals surface area contributed by atoms with E-state index in [9.17, 15) is 9.59 Å². The highest BCUT2D eigenvalue weighted by molar-refractivity contribution is 9.10. The van der Waals surface area contributed by atoms with Crippen molar-refractivity contribution in [2.45, 2.75) is 45.6 Å². The van der Waals surface area contributed by atoms with Crippen molar-refractivity contribution in [1.29, 1.82) is 0 Å². The highest BCUT2D eigenvalue weighted by atomic mass is 79.9. The van der Waals surface area contributed by atoms with E-state index in [0.29, 0.717) is 30.2 Å². The molecule has 0 spiro atoms. The van der Waals surface area contributed by atoms with Gasteiger partial charge in [0.2, 0.25) is 0 Å². The summed E-state index contributed by atoms with van der Waals surface area (Å²) in [6.45, 7) is 5.81. The number of unbranched alkanes of at least 4 members (excludes halogenated alkanes) is 1. The van der Waals surface area contributed by atoms with Gasteiger partial charge in [-0.1, -0.05) is 13.3 Å². The van der Waals surface area contributed by atoms with Crippen molar-refractivity contribution in [2.24, 2.45) is 0 Å². The first-order valence-corrected chi connectivity index (χ1v) is 12.7. The average Bonchev–Trinajstić information content (AvgIpc) is 3.40. The number of hydrogen-bond acceptors (Lipinski definition) is 7. The molecule has 1 unspecified atom stereocenters. The fraction of sp³-hybridized carbons (Fsp3) is 0.455. The number of alkyl carbamates (subject to hydrolysis) is 1. The van der Waals surface area contributed by atoms with Crippen molar-refractivity contribution in [3.63, 3.8) is 0 Å². The molecule has 1 atom stereocenters. The molecule has 0 saturated carbocycles. The molecular formula is C22H27BrN6O3S. The summed E-state index contributed by atoms with van der Waals surface area (Å²) in [5.74, 6) is -0.265. The molecule has 0 aliphatic carbocycles. The number of thiazole rings is 1. The van der Waals surface area contributed by atoms with E-state index in [-0.39, 0.29) is 18.0 Å². The Hall–Kier alpha value is -2.66. The van der Waals surface area contributed by atoms with Gasteiger partial charge in [0.1, 0.15) is 11.3 Å². The first-order valence-electron chi connectivity index (χ1n) is 11.0. The van der Waals surface area contributed by atoms with E-state index in [1.54, 1.807) is 17.8 Å². The van der Waals surface area contributed by atoms with Crippen molar-refractivity contribution in [1.82, 2.24) is 20.3 Å². The molecule has 0 aromatic carbocycles. The fourth-order valence-electron chi connectivity index (χ4n) is 3.93. The zero-order valence-corrected chi connectivity index (χ0v) is 21.0. The van der Waals surface area contributed by atoms with Gasteiger partial charge in [-0.3, -0.25) is 4.79 Å². The molecule has 4 rings (SSSR count). The maximum Gasteiger partial charge on any atom is 0.407 e. The smallest absolute Gasteiger partial charge is 0.407 e. The number of ether oxygens (including phenoxy) is 1. The Morgan fingerprint density at radius 3 is 3.03 bits per heavy atom. The number of anilines is 2. The Bertz CT molecular complexity index is 1150. The van der Waals surface area contributed by atoms with E-state index in [1.807, 2.05) is 6.92 Å². The number of nitrogens with one attached hydrogen (secondary N) is 3. The van der Waals surface area contributed by atoms with Gasteiger partial charge >= 0.3 is 6.09 Å². The highest BCUT2D eigenvalue weighted by Gasteiger charge is 2.27. The van der Waals surface area contributed by atoms with Crippen LogP contribution in [0.3, 0.4) is 0 Å². The fourth-order valence-corrected chi connectivity index (χ4v) is 5.08. The number of aromatic nitrogens is 3. The lowest BCUT2D eigenvalue weighted by atomic mass is 10.0. The van der Waals surface area contributed by atoms with Crippen molar-refractivity contribution in [2.75, 3.05) is 29.9 Å². The van der Waals surface area contributed by atoms with Crippen LogP contribution in [0, 0.1) is 6.92 Å². The van der Waals surface area contributed by atoms with Crippen LogP contribution >= 0.6 is 27.3 Å². The third-order valence-electron chi connectivity index (χ3n) is 5.52. The molecule has 1 aliphatic rings. The largest absolute Gasteiger partial charge is 0.450 e. The summed E-state index contributed by atoms with van der Waals surface area (Å²) in [6, 6.07) is -0.0297. The summed E-state index contributed by atoms with van der Waals surface area (Å²) in [5, 5.41) is 9.36. The zero-order chi connectivity index (χ0) is 23.4. The standard InChI is InChI=1S/C22H27BrN6O3S/c1-3-4-8-32-22(31)27-14-6-5-7-29(11-14)19-15(23)9-24-20-18(19)16(10-25-20)28-21(30)17-12-33-13(2)26-17/h9-10,12,14H,3-8,11H2,1-2H3,(H,24,25)(H,27,31)(H,28,30). The lowest BCUT2D eigenvalue weighted by Gasteiger charge is -2.35. The van der Waals surface area contributed by atoms with E-state index in [1.165, 1.54) is 11.3 Å². The number of aromatic amines is 1. The summed E-state index contributed by atoms with van der Waals surface area (Å²) in [7, 11) is 0. The topological polar surface area (TPSA) is 112 Å². The van der Waals surface area contributed by atoms with Crippen molar-refractivity contribution < 1.29 is 14.3 Å². The van der Waals surface area contributed by atoms with Gasteiger partial charge < -0.3 is 25.3 Å². The minimum atomic E-state index is -0.373. The molecule has 4 heterocycles. The SMILES string of the molecule is CCCCOC(=O)NC1CCCN(c2c(Br)cnc3[nH]cc(NC(=O)c4csc(C)n4)c23)C1. The number of fused-ring (bicyclic) bond motifs is 1. The van der Waals surface area contributed by atoms with E-state index in [4.69, 9.17) is 4.74 Å². The number of rotatable bonds is 7. The van der Waals surface area contributed by atoms with Crippen LogP contribution in [-0.4, -0.2) is 52.7 Å². The summed E-state index contributed by atoms with van der Waals surface area (Å²) in [4.78, 5) is 39.0. The van der Waals surface area contributed by atoms with Gasteiger partial charge in [0.25, 0.3) is 5.91 Å². The predicted octanol–water partition coefficient (Wildman–Crippen LogP) is 4.84. The van der Waals surface area contributed by atoms with E-state index >= 15 is 0 Å². The summed E-state index contributed by atoms with van der Waals surface area (Å²) >= 11 is 5.08. The molecule has 1 fully saturated rings. The number of hydrogen-bond donors (Lipinski definition) is 3. The molecule has 9 nitrogen and oxygen atoms in total. The molecule has 33 heavy (non-hydrogen) atoms. The lowest BCUT2D eigenvalue weighted by molar-refractivity contribution is 0.102. The Labute approximate surface area is 204 Å². The first-order chi connectivity index (χ1) is 16.0. The zero-order valence-electron chi connectivity index (χ0n) is 18.6. The second-order valence-electron chi connectivity index (χ2n) is 8.01. The van der Waals surface area contributed by atoms with E-state index in [0.717, 1.165) is 52.8 Å². The molecule has 0 bridgehead atoms. The van der Waals surface area contributed by atoms with Crippen LogP contribution in [-0.2, 0) is 4.74 Å². The van der Waals surface area contributed by atoms with Crippen LogP contribution < -0.4 is 15.5 Å². The molecular weight excluding hydrogens is 508 g/mol. The molecule has 1 saturated heterocycles. The number of H-pyrrole nitrogens is 1. The number of aryl methyl sites for hydroxylation is 1. The number of piperidine rings is 1. The second kappa shape index (κ2) is 10.5. The third kappa shape index (κ3) is 5.47. The molecule has 176 valence electrons. The van der Waals surface area contributed by atoms with Crippen molar-refractivity contribution in [3.05, 3.63) is 32.9 Å². The minimum absolute atomic E-state index is 0.0297. The molecule has 1 aliphatic heterocycles. The second-order valence-corrected chi connectivity index (χ2v) is 9.92. The Morgan fingerprint density at radius 1 is 1.42 bits per heavy atom. The number of nitrogens with zero attached hydrogens (tertiary/aromatic N) is 3. The van der Waals surface area contributed by atoms with Gasteiger partial charge in [-0.05, 0) is 42.1 Å². The monoisotopic (exact) mass is 534 g/mol. The summed E-state index contributed by atoms with van der Waals surface area (Å²) in [5.41, 5.74) is 2.63. The lowest BCUT2D eigenvalue weighted by Crippen LogP contribution is -2.48. The number of pyridine rings is 1. The summed E-state index contributed by atoms with van der Waals surface area (Å²) in [6.07, 6.45) is 6.76. The number of carbonyl (C=O) groups excluding carboxylic acids is 2. The van der Waals surface area contributed by atoms with E-state index in [2.05, 4.69) is 53.3 Å². The molecule has 3 aromatic rings. The highest BCUT2D eigenvalue weighted by Crippen LogP contribution is 2.39. The maximum atomic E-state index is 12.7. The van der Waals surface area contributed by atoms with Gasteiger partial charge in [0, 0.05) is 36.9 Å². The number of halogens is 1. The van der Waals surface area contributed by atoms with Gasteiger partial charge in [0.05, 0.1) is 32.8 Å². The van der Waals surface area contributed by atoms with Crippen LogP contribution in [0.5, 0.6) is 0 Å². The van der Waals surface area contributed by atoms with Crippen LogP contribution in [0.15, 0.2) is 22.2 Å². The predicted molar refractivity (Wildman–Crippen MR) is 133 cm³/mol. The van der Waals surface area contributed by atoms with Crippen molar-refractivity contribution >= 4 is 61.7 Å². The maximum absolute atomic E-state index is 12.7. The van der Waals surface area contributed by atoms with E-state index < -0.39 is 0 Å². The molecule has 0 radical (unpaired) electrons. The van der Waals surface area contributed by atoms with Gasteiger partial charge in [0.15, 0.2) is 0 Å². The molecule has 2 amide bonds. The van der Waals surface area contributed by atoms with Crippen molar-refractivity contribution in [3.8, 4) is 0 Å². The molecule has 3 aromatic heterocycles. The van der Waals surface area contributed by atoms with Gasteiger partial charge in [-0.2, -0.15) is 0 Å². The Kier molecular flexibility index (Phi) is 7.49. The normalized spacial score (nSPS) is 16.1. The van der Waals surface area contributed by atoms with Gasteiger partial charge in [-0.15, -0.1) is 11.3 Å². The number of amides is 2. The van der Waals surface area contributed by atoms with Crippen LogP contribution in [0.2, 0.25) is 0 Å².